The highest BCUT2D eigenvalue weighted by Crippen LogP contribution is 2.20. The lowest BCUT2D eigenvalue weighted by atomic mass is 10.0. The van der Waals surface area contributed by atoms with E-state index in [0.717, 1.165) is 11.3 Å². The van der Waals surface area contributed by atoms with Crippen molar-refractivity contribution in [2.75, 3.05) is 6.61 Å². The lowest BCUT2D eigenvalue weighted by Crippen LogP contribution is -2.18. The first-order valence-electron chi connectivity index (χ1n) is 4.67. The number of carbonyl (C=O) groups excluding carboxylic acids is 1. The van der Waals surface area contributed by atoms with Crippen LogP contribution in [-0.2, 0) is 4.79 Å². The number of rotatable bonds is 4. The van der Waals surface area contributed by atoms with E-state index in [1.165, 1.54) is 0 Å². The van der Waals surface area contributed by atoms with Crippen LogP contribution in [0.3, 0.4) is 0 Å². The number of benzene rings is 1. The third-order valence-corrected chi connectivity index (χ3v) is 2.10. The van der Waals surface area contributed by atoms with Crippen molar-refractivity contribution in [3.8, 4) is 5.75 Å². The maximum atomic E-state index is 11.0. The average Bonchev–Trinajstić information content (AvgIpc) is 2.17. The monoisotopic (exact) mass is 193 g/mol. The van der Waals surface area contributed by atoms with E-state index in [0.29, 0.717) is 6.61 Å². The van der Waals surface area contributed by atoms with Gasteiger partial charge in [0, 0.05) is 0 Å². The van der Waals surface area contributed by atoms with Gasteiger partial charge >= 0.3 is 0 Å². The van der Waals surface area contributed by atoms with Crippen molar-refractivity contribution in [2.24, 2.45) is 5.73 Å². The molecule has 0 spiro atoms. The molecule has 0 bridgehead atoms. The highest BCUT2D eigenvalue weighted by Gasteiger charge is 2.11. The first kappa shape index (κ1) is 10.6. The van der Waals surface area contributed by atoms with Crippen molar-refractivity contribution in [3.05, 3.63) is 29.8 Å². The Morgan fingerprint density at radius 1 is 1.57 bits per heavy atom. The highest BCUT2D eigenvalue weighted by atomic mass is 16.5. The van der Waals surface area contributed by atoms with Crippen molar-refractivity contribution >= 4 is 5.91 Å². The van der Waals surface area contributed by atoms with Crippen LogP contribution in [0.2, 0.25) is 0 Å². The molecule has 2 N–H and O–H groups in total. The lowest BCUT2D eigenvalue weighted by molar-refractivity contribution is -0.119. The molecule has 3 nitrogen and oxygen atoms in total. The van der Waals surface area contributed by atoms with Gasteiger partial charge in [-0.05, 0) is 31.5 Å². The van der Waals surface area contributed by atoms with Gasteiger partial charge in [-0.2, -0.15) is 0 Å². The molecule has 1 aromatic rings. The summed E-state index contributed by atoms with van der Waals surface area (Å²) in [6, 6.07) is 7.44. The second-order valence-electron chi connectivity index (χ2n) is 3.13. The lowest BCUT2D eigenvalue weighted by Gasteiger charge is -2.09. The van der Waals surface area contributed by atoms with Crippen molar-refractivity contribution in [1.82, 2.24) is 0 Å². The minimum atomic E-state index is -0.321. The number of hydrogen-bond acceptors (Lipinski definition) is 2. The van der Waals surface area contributed by atoms with E-state index in [-0.39, 0.29) is 11.8 Å². The van der Waals surface area contributed by atoms with E-state index in [9.17, 15) is 4.79 Å². The molecule has 3 heteroatoms. The Morgan fingerprint density at radius 3 is 2.86 bits per heavy atom. The molecule has 0 saturated carbocycles. The minimum Gasteiger partial charge on any atom is -0.494 e. The molecule has 0 heterocycles. The van der Waals surface area contributed by atoms with Gasteiger partial charge < -0.3 is 10.5 Å². The third kappa shape index (κ3) is 2.49. The third-order valence-electron chi connectivity index (χ3n) is 2.10. The van der Waals surface area contributed by atoms with Gasteiger partial charge in [0.1, 0.15) is 5.75 Å². The van der Waals surface area contributed by atoms with Crippen LogP contribution < -0.4 is 10.5 Å². The second kappa shape index (κ2) is 4.65. The van der Waals surface area contributed by atoms with Crippen molar-refractivity contribution in [2.45, 2.75) is 19.8 Å². The van der Waals surface area contributed by atoms with Gasteiger partial charge in [0.2, 0.25) is 5.91 Å². The Bertz CT molecular complexity index is 323. The fraction of sp³-hybridized carbons (Fsp3) is 0.364. The Balaban J connectivity index is 2.87. The molecule has 1 unspecified atom stereocenters. The normalized spacial score (nSPS) is 12.1. The molecule has 0 aromatic heterocycles. The van der Waals surface area contributed by atoms with Gasteiger partial charge in [-0.15, -0.1) is 0 Å². The predicted octanol–water partition coefficient (Wildman–Crippen LogP) is 1.67. The molecule has 0 fully saturated rings. The van der Waals surface area contributed by atoms with Gasteiger partial charge in [0.15, 0.2) is 0 Å². The summed E-state index contributed by atoms with van der Waals surface area (Å²) in [7, 11) is 0. The van der Waals surface area contributed by atoms with Crippen LogP contribution in [0.4, 0.5) is 0 Å². The summed E-state index contributed by atoms with van der Waals surface area (Å²) in [6.07, 6.45) is 0. The average molecular weight is 193 g/mol. The van der Waals surface area contributed by atoms with Gasteiger partial charge in [0.05, 0.1) is 12.5 Å². The van der Waals surface area contributed by atoms with E-state index in [1.54, 1.807) is 6.92 Å². The molecule has 76 valence electrons. The zero-order valence-corrected chi connectivity index (χ0v) is 8.49. The maximum Gasteiger partial charge on any atom is 0.224 e. The molecule has 1 amide bonds. The van der Waals surface area contributed by atoms with Crippen molar-refractivity contribution in [3.63, 3.8) is 0 Å². The molecule has 1 rings (SSSR count). The minimum absolute atomic E-state index is 0.268. The Kier molecular flexibility index (Phi) is 3.51. The first-order chi connectivity index (χ1) is 6.65. The van der Waals surface area contributed by atoms with E-state index in [4.69, 9.17) is 10.5 Å². The number of amides is 1. The van der Waals surface area contributed by atoms with Gasteiger partial charge in [-0.25, -0.2) is 0 Å². The molecular weight excluding hydrogens is 178 g/mol. The number of primary amides is 1. The summed E-state index contributed by atoms with van der Waals surface area (Å²) >= 11 is 0. The summed E-state index contributed by atoms with van der Waals surface area (Å²) in [4.78, 5) is 11.0. The summed E-state index contributed by atoms with van der Waals surface area (Å²) in [5.41, 5.74) is 6.10. The van der Waals surface area contributed by atoms with E-state index >= 15 is 0 Å². The number of hydrogen-bond donors (Lipinski definition) is 1. The summed E-state index contributed by atoms with van der Waals surface area (Å²) in [5, 5.41) is 0. The van der Waals surface area contributed by atoms with Crippen LogP contribution in [0, 0.1) is 0 Å². The molecule has 14 heavy (non-hydrogen) atoms. The van der Waals surface area contributed by atoms with Crippen LogP contribution in [-0.4, -0.2) is 12.5 Å². The topological polar surface area (TPSA) is 52.3 Å². The molecule has 0 radical (unpaired) electrons. The standard InChI is InChI=1S/C11H15NO2/c1-3-14-10-6-4-5-9(7-10)8(2)11(12)13/h4-8H,3H2,1-2H3,(H2,12,13). The zero-order chi connectivity index (χ0) is 10.6. The van der Waals surface area contributed by atoms with Crippen molar-refractivity contribution in [1.29, 1.82) is 0 Å². The Morgan fingerprint density at radius 2 is 2.29 bits per heavy atom. The highest BCUT2D eigenvalue weighted by molar-refractivity contribution is 5.81. The van der Waals surface area contributed by atoms with Crippen molar-refractivity contribution < 1.29 is 9.53 Å². The van der Waals surface area contributed by atoms with Gasteiger partial charge in [0.25, 0.3) is 0 Å². The summed E-state index contributed by atoms with van der Waals surface area (Å²) in [5.74, 6) is 0.187. The van der Waals surface area contributed by atoms with Gasteiger partial charge in [-0.3, -0.25) is 4.79 Å². The fourth-order valence-corrected chi connectivity index (χ4v) is 1.20. The number of nitrogens with two attached hydrogens (primary N) is 1. The van der Waals surface area contributed by atoms with Crippen LogP contribution in [0.1, 0.15) is 25.3 Å². The molecule has 0 aliphatic rings. The van der Waals surface area contributed by atoms with E-state index in [2.05, 4.69) is 0 Å². The van der Waals surface area contributed by atoms with Gasteiger partial charge in [-0.1, -0.05) is 12.1 Å². The quantitative estimate of drug-likeness (QED) is 0.790. The smallest absolute Gasteiger partial charge is 0.224 e. The molecule has 1 atom stereocenters. The zero-order valence-electron chi connectivity index (χ0n) is 8.49. The van der Waals surface area contributed by atoms with Crippen LogP contribution >= 0.6 is 0 Å². The van der Waals surface area contributed by atoms with E-state index < -0.39 is 0 Å². The molecule has 0 saturated heterocycles. The van der Waals surface area contributed by atoms with Crippen LogP contribution in [0.15, 0.2) is 24.3 Å². The largest absolute Gasteiger partial charge is 0.494 e. The van der Waals surface area contributed by atoms with Crippen LogP contribution in [0.25, 0.3) is 0 Å². The Hall–Kier alpha value is -1.51. The Labute approximate surface area is 83.9 Å². The SMILES string of the molecule is CCOc1cccc(C(C)C(N)=O)c1. The van der Waals surface area contributed by atoms with Crippen LogP contribution in [0.5, 0.6) is 5.75 Å². The number of carbonyl (C=O) groups is 1. The molecule has 1 aromatic carbocycles. The molecular formula is C11H15NO2. The number of ether oxygens (including phenoxy) is 1. The summed E-state index contributed by atoms with van der Waals surface area (Å²) in [6.45, 7) is 4.33. The first-order valence-corrected chi connectivity index (χ1v) is 4.67. The van der Waals surface area contributed by atoms with E-state index in [1.807, 2.05) is 31.2 Å². The predicted molar refractivity (Wildman–Crippen MR) is 55.2 cm³/mol. The summed E-state index contributed by atoms with van der Waals surface area (Å²) < 4.78 is 5.32. The fourth-order valence-electron chi connectivity index (χ4n) is 1.20. The maximum absolute atomic E-state index is 11.0. The molecule has 0 aliphatic heterocycles. The molecule has 0 aliphatic carbocycles. The second-order valence-corrected chi connectivity index (χ2v) is 3.13.